The number of benzene rings is 1. The third-order valence-corrected chi connectivity index (χ3v) is 2.38. The number of fused-ring (bicyclic) bond motifs is 1. The molecule has 1 aliphatic rings. The molecule has 2 N–H and O–H groups in total. The zero-order chi connectivity index (χ0) is 9.80. The molecule has 0 spiro atoms. The van der Waals surface area contributed by atoms with Crippen molar-refractivity contribution in [3.63, 3.8) is 0 Å². The molecule has 2 nitrogen and oxygen atoms in total. The van der Waals surface area contributed by atoms with Crippen molar-refractivity contribution in [2.75, 3.05) is 13.2 Å². The van der Waals surface area contributed by atoms with E-state index in [2.05, 4.69) is 30.4 Å². The van der Waals surface area contributed by atoms with Gasteiger partial charge in [0.2, 0.25) is 0 Å². The van der Waals surface area contributed by atoms with Crippen LogP contribution in [0.5, 0.6) is 5.75 Å². The molecule has 0 atom stereocenters. The highest BCUT2D eigenvalue weighted by atomic mass is 16.5. The van der Waals surface area contributed by atoms with E-state index >= 15 is 0 Å². The molecule has 0 unspecified atom stereocenters. The maximum absolute atomic E-state index is 5.58. The molecule has 0 saturated carbocycles. The average Bonchev–Trinajstić information content (AvgIpc) is 2.67. The molecule has 1 aliphatic heterocycles. The van der Waals surface area contributed by atoms with Crippen molar-refractivity contribution < 1.29 is 4.74 Å². The highest BCUT2D eigenvalue weighted by Crippen LogP contribution is 2.30. The summed E-state index contributed by atoms with van der Waals surface area (Å²) in [6, 6.07) is 6.29. The molecule has 0 saturated heterocycles. The van der Waals surface area contributed by atoms with Crippen LogP contribution in [-0.4, -0.2) is 13.2 Å². The lowest BCUT2D eigenvalue weighted by Crippen LogP contribution is -1.95. The summed E-state index contributed by atoms with van der Waals surface area (Å²) in [5.74, 6) is 1.06. The monoisotopic (exact) mass is 189 g/mol. The Hall–Kier alpha value is -1.28. The van der Waals surface area contributed by atoms with Gasteiger partial charge in [-0.25, -0.2) is 0 Å². The summed E-state index contributed by atoms with van der Waals surface area (Å²) in [4.78, 5) is 0. The van der Waals surface area contributed by atoms with E-state index < -0.39 is 0 Å². The van der Waals surface area contributed by atoms with Crippen LogP contribution in [-0.2, 0) is 6.42 Å². The van der Waals surface area contributed by atoms with Crippen LogP contribution in [0.15, 0.2) is 24.3 Å². The fraction of sp³-hybridized carbons (Fsp3) is 0.333. The highest BCUT2D eigenvalue weighted by molar-refractivity contribution is 5.60. The Balaban J connectivity index is 2.22. The summed E-state index contributed by atoms with van der Waals surface area (Å²) < 4.78 is 5.58. The first-order chi connectivity index (χ1) is 6.92. The quantitative estimate of drug-likeness (QED) is 0.789. The Morgan fingerprint density at radius 1 is 1.43 bits per heavy atom. The van der Waals surface area contributed by atoms with Crippen LogP contribution in [0.3, 0.4) is 0 Å². The maximum Gasteiger partial charge on any atom is 0.129 e. The van der Waals surface area contributed by atoms with Gasteiger partial charge in [-0.1, -0.05) is 30.4 Å². The standard InChI is InChI=1S/C12H15NO/c13-8-2-1-4-10-5-3-6-11-7-9-14-12(10)11/h1,3-6H,2,7-9,13H2/b4-1+. The van der Waals surface area contributed by atoms with E-state index in [4.69, 9.17) is 10.5 Å². The van der Waals surface area contributed by atoms with Crippen molar-refractivity contribution in [1.29, 1.82) is 0 Å². The topological polar surface area (TPSA) is 35.2 Å². The van der Waals surface area contributed by atoms with E-state index in [9.17, 15) is 0 Å². The number of nitrogens with two attached hydrogens (primary N) is 1. The van der Waals surface area contributed by atoms with E-state index in [1.54, 1.807) is 0 Å². The van der Waals surface area contributed by atoms with Gasteiger partial charge < -0.3 is 10.5 Å². The molecule has 2 rings (SSSR count). The van der Waals surface area contributed by atoms with Gasteiger partial charge in [0.15, 0.2) is 0 Å². The molecule has 74 valence electrons. The van der Waals surface area contributed by atoms with Gasteiger partial charge >= 0.3 is 0 Å². The van der Waals surface area contributed by atoms with Crippen molar-refractivity contribution in [2.24, 2.45) is 5.73 Å². The van der Waals surface area contributed by atoms with Crippen LogP contribution in [0.25, 0.3) is 6.08 Å². The minimum atomic E-state index is 0.701. The SMILES string of the molecule is NCC/C=C/c1cccc2c1OCC2. The van der Waals surface area contributed by atoms with Gasteiger partial charge in [-0.3, -0.25) is 0 Å². The fourth-order valence-corrected chi connectivity index (χ4v) is 1.68. The first-order valence-electron chi connectivity index (χ1n) is 5.03. The largest absolute Gasteiger partial charge is 0.492 e. The first-order valence-corrected chi connectivity index (χ1v) is 5.03. The Kier molecular flexibility index (Phi) is 2.84. The first kappa shape index (κ1) is 9.28. The van der Waals surface area contributed by atoms with Crippen LogP contribution in [0, 0.1) is 0 Å². The van der Waals surface area contributed by atoms with E-state index in [0.29, 0.717) is 6.54 Å². The molecule has 0 aromatic heterocycles. The fourth-order valence-electron chi connectivity index (χ4n) is 1.68. The lowest BCUT2D eigenvalue weighted by Gasteiger charge is -2.02. The van der Waals surface area contributed by atoms with Crippen LogP contribution < -0.4 is 10.5 Å². The summed E-state index contributed by atoms with van der Waals surface area (Å²) in [6.07, 6.45) is 6.14. The molecule has 1 heterocycles. The highest BCUT2D eigenvalue weighted by Gasteiger charge is 2.13. The molecular formula is C12H15NO. The van der Waals surface area contributed by atoms with Gasteiger partial charge in [-0.15, -0.1) is 0 Å². The molecule has 1 aromatic rings. The van der Waals surface area contributed by atoms with Gasteiger partial charge in [0.05, 0.1) is 6.61 Å². The molecule has 0 fully saturated rings. The van der Waals surface area contributed by atoms with E-state index in [0.717, 1.165) is 25.2 Å². The third-order valence-electron chi connectivity index (χ3n) is 2.38. The number of rotatable bonds is 3. The summed E-state index contributed by atoms with van der Waals surface area (Å²) in [6.45, 7) is 1.52. The summed E-state index contributed by atoms with van der Waals surface area (Å²) in [5.41, 5.74) is 7.92. The number of hydrogen-bond donors (Lipinski definition) is 1. The molecular weight excluding hydrogens is 174 g/mol. The minimum Gasteiger partial charge on any atom is -0.492 e. The van der Waals surface area contributed by atoms with Crippen LogP contribution >= 0.6 is 0 Å². The van der Waals surface area contributed by atoms with Crippen LogP contribution in [0.1, 0.15) is 17.5 Å². The predicted octanol–water partition coefficient (Wildman–Crippen LogP) is 1.98. The van der Waals surface area contributed by atoms with Crippen molar-refractivity contribution in [2.45, 2.75) is 12.8 Å². The van der Waals surface area contributed by atoms with Gasteiger partial charge in [0.1, 0.15) is 5.75 Å². The van der Waals surface area contributed by atoms with Gasteiger partial charge in [0, 0.05) is 12.0 Å². The second-order valence-corrected chi connectivity index (χ2v) is 3.41. The maximum atomic E-state index is 5.58. The Bertz CT molecular complexity index is 344. The molecule has 14 heavy (non-hydrogen) atoms. The number of ether oxygens (including phenoxy) is 1. The van der Waals surface area contributed by atoms with Crippen molar-refractivity contribution in [3.05, 3.63) is 35.4 Å². The van der Waals surface area contributed by atoms with Crippen molar-refractivity contribution in [3.8, 4) is 5.75 Å². The molecule has 1 aromatic carbocycles. The zero-order valence-corrected chi connectivity index (χ0v) is 8.20. The smallest absolute Gasteiger partial charge is 0.129 e. The Morgan fingerprint density at radius 3 is 3.21 bits per heavy atom. The van der Waals surface area contributed by atoms with Crippen LogP contribution in [0.2, 0.25) is 0 Å². The Labute approximate surface area is 84.4 Å². The van der Waals surface area contributed by atoms with E-state index in [1.807, 2.05) is 0 Å². The molecule has 2 heteroatoms. The minimum absolute atomic E-state index is 0.701. The van der Waals surface area contributed by atoms with Crippen molar-refractivity contribution >= 4 is 6.08 Å². The molecule has 0 aliphatic carbocycles. The van der Waals surface area contributed by atoms with E-state index in [1.165, 1.54) is 11.1 Å². The summed E-state index contributed by atoms with van der Waals surface area (Å²) in [5, 5.41) is 0. The summed E-state index contributed by atoms with van der Waals surface area (Å²) in [7, 11) is 0. The predicted molar refractivity (Wildman–Crippen MR) is 58.3 cm³/mol. The second kappa shape index (κ2) is 4.29. The van der Waals surface area contributed by atoms with Gasteiger partial charge in [-0.05, 0) is 18.5 Å². The van der Waals surface area contributed by atoms with Crippen LogP contribution in [0.4, 0.5) is 0 Å². The van der Waals surface area contributed by atoms with Gasteiger partial charge in [0.25, 0.3) is 0 Å². The third kappa shape index (κ3) is 1.80. The second-order valence-electron chi connectivity index (χ2n) is 3.41. The number of hydrogen-bond acceptors (Lipinski definition) is 2. The summed E-state index contributed by atoms with van der Waals surface area (Å²) >= 11 is 0. The average molecular weight is 189 g/mol. The lowest BCUT2D eigenvalue weighted by molar-refractivity contribution is 0.356. The van der Waals surface area contributed by atoms with Gasteiger partial charge in [-0.2, -0.15) is 0 Å². The molecule has 0 radical (unpaired) electrons. The van der Waals surface area contributed by atoms with E-state index in [-0.39, 0.29) is 0 Å². The number of para-hydroxylation sites is 1. The van der Waals surface area contributed by atoms with Crippen molar-refractivity contribution in [1.82, 2.24) is 0 Å². The molecule has 0 bridgehead atoms. The zero-order valence-electron chi connectivity index (χ0n) is 8.20. The lowest BCUT2D eigenvalue weighted by atomic mass is 10.1. The normalized spacial score (nSPS) is 14.4. The molecule has 0 amide bonds. The Morgan fingerprint density at radius 2 is 2.36 bits per heavy atom.